The summed E-state index contributed by atoms with van der Waals surface area (Å²) >= 11 is 3.09. The summed E-state index contributed by atoms with van der Waals surface area (Å²) < 4.78 is 2.12. The average Bonchev–Trinajstić information content (AvgIpc) is 2.59. The van der Waals surface area contributed by atoms with E-state index in [0.717, 1.165) is 6.54 Å². The zero-order valence-corrected chi connectivity index (χ0v) is 8.74. The molecule has 4 heteroatoms. The molecule has 0 saturated heterocycles. The molecule has 0 aromatic carbocycles. The van der Waals surface area contributed by atoms with E-state index < -0.39 is 0 Å². The number of thiol groups is 1. The Morgan fingerprint density at radius 2 is 2.23 bits per heavy atom. The Kier molecular flexibility index (Phi) is 8.47. The fourth-order valence-corrected chi connectivity index (χ4v) is 0.963. The predicted octanol–water partition coefficient (Wildman–Crippen LogP) is 2.47. The van der Waals surface area contributed by atoms with Gasteiger partial charge in [-0.3, -0.25) is 0 Å². The fourth-order valence-electron chi connectivity index (χ4n) is 0.963. The van der Waals surface area contributed by atoms with Gasteiger partial charge in [0.25, 0.3) is 0 Å². The maximum Gasteiger partial charge on any atom is 0.130 e. The van der Waals surface area contributed by atoms with Gasteiger partial charge in [-0.25, -0.2) is 4.98 Å². The second-order valence-corrected chi connectivity index (χ2v) is 2.81. The molecule has 1 heterocycles. The van der Waals surface area contributed by atoms with Crippen molar-refractivity contribution < 1.29 is 0 Å². The van der Waals surface area contributed by atoms with E-state index >= 15 is 0 Å². The number of hydrogen-bond acceptors (Lipinski definition) is 3. The summed E-state index contributed by atoms with van der Waals surface area (Å²) in [4.78, 5) is 3.96. The van der Waals surface area contributed by atoms with E-state index in [4.69, 9.17) is 5.26 Å². The summed E-state index contributed by atoms with van der Waals surface area (Å²) in [5.74, 6) is 0. The van der Waals surface area contributed by atoms with Crippen molar-refractivity contribution in [1.82, 2.24) is 9.55 Å². The molecule has 0 aliphatic heterocycles. The van der Waals surface area contributed by atoms with Gasteiger partial charge in [-0.15, -0.1) is 0 Å². The highest BCUT2D eigenvalue weighted by Crippen LogP contribution is 1.97. The molecular weight excluding hydrogens is 182 g/mol. The van der Waals surface area contributed by atoms with Crippen molar-refractivity contribution in [3.8, 4) is 5.40 Å². The van der Waals surface area contributed by atoms with Gasteiger partial charge in [0, 0.05) is 18.9 Å². The summed E-state index contributed by atoms with van der Waals surface area (Å²) in [7, 11) is 0. The third-order valence-electron chi connectivity index (χ3n) is 1.58. The molecule has 0 amide bonds. The topological polar surface area (TPSA) is 41.6 Å². The summed E-state index contributed by atoms with van der Waals surface area (Å²) in [6.45, 7) is 3.34. The summed E-state index contributed by atoms with van der Waals surface area (Å²) in [6, 6.07) is 0. The lowest BCUT2D eigenvalue weighted by molar-refractivity contribution is 0.602. The number of imidazole rings is 1. The largest absolute Gasteiger partial charge is 0.337 e. The number of thiocyanates is 1. The van der Waals surface area contributed by atoms with Gasteiger partial charge < -0.3 is 4.57 Å². The van der Waals surface area contributed by atoms with Gasteiger partial charge in [-0.05, 0) is 6.42 Å². The van der Waals surface area contributed by atoms with Crippen LogP contribution in [-0.4, -0.2) is 9.55 Å². The lowest BCUT2D eigenvalue weighted by atomic mass is 10.2. The van der Waals surface area contributed by atoms with Crippen LogP contribution < -0.4 is 0 Å². The van der Waals surface area contributed by atoms with Crippen molar-refractivity contribution in [3.63, 3.8) is 0 Å². The normalized spacial score (nSPS) is 8.38. The lowest BCUT2D eigenvalue weighted by Gasteiger charge is -1.98. The van der Waals surface area contributed by atoms with Crippen LogP contribution in [0, 0.1) is 10.7 Å². The molecule has 1 rings (SSSR count). The lowest BCUT2D eigenvalue weighted by Crippen LogP contribution is -1.92. The SMILES string of the molecule is CCCCCn1ccnc1.N#CS. The summed E-state index contributed by atoms with van der Waals surface area (Å²) in [5.41, 5.74) is 0. The van der Waals surface area contributed by atoms with E-state index in [2.05, 4.69) is 29.1 Å². The molecule has 0 saturated carbocycles. The molecule has 0 bridgehead atoms. The number of nitriles is 1. The zero-order chi connectivity index (χ0) is 9.94. The van der Waals surface area contributed by atoms with Crippen molar-refractivity contribution in [2.75, 3.05) is 0 Å². The highest BCUT2D eigenvalue weighted by Gasteiger charge is 1.87. The van der Waals surface area contributed by atoms with E-state index in [1.54, 1.807) is 0 Å². The predicted molar refractivity (Wildman–Crippen MR) is 56.4 cm³/mol. The minimum Gasteiger partial charge on any atom is -0.337 e. The molecule has 0 spiro atoms. The van der Waals surface area contributed by atoms with Crippen molar-refractivity contribution >= 4 is 12.6 Å². The van der Waals surface area contributed by atoms with E-state index in [-0.39, 0.29) is 0 Å². The van der Waals surface area contributed by atoms with E-state index in [9.17, 15) is 0 Å². The van der Waals surface area contributed by atoms with Gasteiger partial charge in [0.05, 0.1) is 6.33 Å². The van der Waals surface area contributed by atoms with Gasteiger partial charge >= 0.3 is 0 Å². The number of nitrogens with zero attached hydrogens (tertiary/aromatic N) is 3. The van der Waals surface area contributed by atoms with Crippen molar-refractivity contribution in [2.45, 2.75) is 32.7 Å². The molecule has 13 heavy (non-hydrogen) atoms. The summed E-state index contributed by atoms with van der Waals surface area (Å²) in [6.07, 6.45) is 9.58. The standard InChI is InChI=1S/C8H14N2.CHNS/c1-2-3-4-6-10-7-5-9-8-10;2-1-3/h5,7-8H,2-4,6H2,1H3;3H. The molecule has 0 aliphatic rings. The van der Waals surface area contributed by atoms with Crippen LogP contribution in [0.15, 0.2) is 18.7 Å². The number of unbranched alkanes of at least 4 members (excludes halogenated alkanes) is 2. The maximum absolute atomic E-state index is 7.18. The summed E-state index contributed by atoms with van der Waals surface area (Å²) in [5, 5.41) is 8.63. The molecule has 0 atom stereocenters. The number of rotatable bonds is 4. The van der Waals surface area contributed by atoms with Gasteiger partial charge in [0.2, 0.25) is 0 Å². The molecule has 1 aromatic rings. The third kappa shape index (κ3) is 7.41. The first-order valence-corrected chi connectivity index (χ1v) is 4.78. The first-order chi connectivity index (χ1) is 6.35. The molecule has 0 radical (unpaired) electrons. The van der Waals surface area contributed by atoms with Crippen LogP contribution in [0.5, 0.6) is 0 Å². The minimum atomic E-state index is 1.12. The maximum atomic E-state index is 7.18. The second-order valence-electron chi connectivity index (χ2n) is 2.61. The first kappa shape index (κ1) is 12.0. The van der Waals surface area contributed by atoms with E-state index in [1.165, 1.54) is 24.7 Å². The molecular formula is C9H15N3S. The first-order valence-electron chi connectivity index (χ1n) is 4.34. The van der Waals surface area contributed by atoms with Crippen LogP contribution in [0.1, 0.15) is 26.2 Å². The molecule has 1 aromatic heterocycles. The molecule has 0 N–H and O–H groups in total. The fraction of sp³-hybridized carbons (Fsp3) is 0.556. The Bertz CT molecular complexity index is 226. The van der Waals surface area contributed by atoms with Crippen molar-refractivity contribution in [1.29, 1.82) is 5.26 Å². The van der Waals surface area contributed by atoms with Crippen molar-refractivity contribution in [2.24, 2.45) is 0 Å². The van der Waals surface area contributed by atoms with E-state index in [0.29, 0.717) is 0 Å². The molecule has 3 nitrogen and oxygen atoms in total. The second kappa shape index (κ2) is 9.14. The Balaban J connectivity index is 0.000000424. The van der Waals surface area contributed by atoms with Gasteiger partial charge in [-0.2, -0.15) is 5.26 Å². The van der Waals surface area contributed by atoms with Gasteiger partial charge in [0.15, 0.2) is 0 Å². The van der Waals surface area contributed by atoms with Gasteiger partial charge in [-0.1, -0.05) is 32.4 Å². The van der Waals surface area contributed by atoms with Crippen LogP contribution in [0.4, 0.5) is 0 Å². The van der Waals surface area contributed by atoms with Crippen molar-refractivity contribution in [3.05, 3.63) is 18.7 Å². The molecule has 72 valence electrons. The highest BCUT2D eigenvalue weighted by atomic mass is 32.1. The Morgan fingerprint density at radius 3 is 2.69 bits per heavy atom. The Hall–Kier alpha value is -0.950. The van der Waals surface area contributed by atoms with Crippen LogP contribution in [0.2, 0.25) is 0 Å². The average molecular weight is 197 g/mol. The van der Waals surface area contributed by atoms with Gasteiger partial charge in [0.1, 0.15) is 5.40 Å². The number of aromatic nitrogens is 2. The molecule has 0 aliphatic carbocycles. The Morgan fingerprint density at radius 1 is 1.54 bits per heavy atom. The smallest absolute Gasteiger partial charge is 0.130 e. The third-order valence-corrected chi connectivity index (χ3v) is 1.58. The monoisotopic (exact) mass is 197 g/mol. The van der Waals surface area contributed by atoms with E-state index in [1.807, 2.05) is 18.7 Å². The quantitative estimate of drug-likeness (QED) is 0.457. The minimum absolute atomic E-state index is 1.12. The Labute approximate surface area is 84.8 Å². The molecule has 0 unspecified atom stereocenters. The van der Waals surface area contributed by atoms with Crippen LogP contribution in [0.3, 0.4) is 0 Å². The number of aryl methyl sites for hydroxylation is 1. The highest BCUT2D eigenvalue weighted by molar-refractivity contribution is 7.85. The van der Waals surface area contributed by atoms with Crippen LogP contribution in [-0.2, 0) is 6.54 Å². The van der Waals surface area contributed by atoms with Crippen LogP contribution >= 0.6 is 12.6 Å². The zero-order valence-electron chi connectivity index (χ0n) is 7.85. The van der Waals surface area contributed by atoms with Crippen LogP contribution in [0.25, 0.3) is 0 Å². The number of hydrogen-bond donors (Lipinski definition) is 1. The molecule has 0 fully saturated rings.